The largest absolute Gasteiger partial charge is 0.395 e. The van der Waals surface area contributed by atoms with Crippen molar-refractivity contribution >= 4 is 5.78 Å². The molecule has 6 fully saturated rings. The third-order valence-electron chi connectivity index (χ3n) is 9.81. The number of Topliss-reactive ketones (excluding diaryl/α,β-unsaturated/α-hetero) is 1. The van der Waals surface area contributed by atoms with Crippen molar-refractivity contribution in [2.45, 2.75) is 65.7 Å². The average molecular weight is 302 g/mol. The molecule has 122 valence electrons. The van der Waals surface area contributed by atoms with Gasteiger partial charge in [-0.05, 0) is 78.4 Å². The van der Waals surface area contributed by atoms with Crippen LogP contribution in [0.3, 0.4) is 0 Å². The smallest absolute Gasteiger partial charge is 0.141 e. The molecule has 2 nitrogen and oxygen atoms in total. The first kappa shape index (κ1) is 14.0. The van der Waals surface area contributed by atoms with Gasteiger partial charge in [0.15, 0.2) is 0 Å². The third-order valence-corrected chi connectivity index (χ3v) is 9.81. The van der Waals surface area contributed by atoms with Crippen LogP contribution in [0.25, 0.3) is 0 Å². The molecular formula is C20H30O2. The van der Waals surface area contributed by atoms with E-state index in [9.17, 15) is 9.90 Å². The second-order valence-corrected chi connectivity index (χ2v) is 10.3. The summed E-state index contributed by atoms with van der Waals surface area (Å²) in [5, 5.41) is 10.0. The number of hydrogen-bond acceptors (Lipinski definition) is 2. The number of fused-ring (bicyclic) bond motifs is 1. The van der Waals surface area contributed by atoms with E-state index in [4.69, 9.17) is 0 Å². The predicted molar refractivity (Wildman–Crippen MR) is 85.1 cm³/mol. The lowest BCUT2D eigenvalue weighted by atomic mass is 9.39. The highest BCUT2D eigenvalue weighted by Gasteiger charge is 2.78. The molecule has 0 amide bonds. The second kappa shape index (κ2) is 3.66. The van der Waals surface area contributed by atoms with Gasteiger partial charge in [-0.25, -0.2) is 0 Å². The minimum absolute atomic E-state index is 0.0512. The summed E-state index contributed by atoms with van der Waals surface area (Å²) in [5.41, 5.74) is 1.10. The highest BCUT2D eigenvalue weighted by atomic mass is 16.3. The molecular weight excluding hydrogens is 272 g/mol. The minimum Gasteiger partial charge on any atom is -0.395 e. The highest BCUT2D eigenvalue weighted by molar-refractivity contribution is 5.86. The van der Waals surface area contributed by atoms with Gasteiger partial charge >= 0.3 is 0 Å². The molecule has 8 atom stereocenters. The van der Waals surface area contributed by atoms with Gasteiger partial charge in [-0.15, -0.1) is 0 Å². The van der Waals surface area contributed by atoms with Gasteiger partial charge in [0.05, 0.1) is 12.0 Å². The molecule has 6 aliphatic rings. The molecule has 0 aromatic heterocycles. The maximum Gasteiger partial charge on any atom is 0.141 e. The van der Waals surface area contributed by atoms with E-state index in [0.717, 1.165) is 24.2 Å². The summed E-state index contributed by atoms with van der Waals surface area (Å²) in [6, 6.07) is 0. The number of carbonyl (C=O) groups excluding carboxylic acids is 1. The SMILES string of the molecule is C[C@]12C[C@@]34CC[C@H]5[C@@](C)(CCC(=O)[C@]5(C)CO)[C@@H]3C[C@H]1[C@@H]2C4. The van der Waals surface area contributed by atoms with E-state index < -0.39 is 5.41 Å². The topological polar surface area (TPSA) is 37.3 Å². The lowest BCUT2D eigenvalue weighted by Gasteiger charge is -2.65. The molecule has 0 unspecified atom stereocenters. The standard InChI is InChI=1S/C20H30O2/c1-17-6-5-16(22)19(3,11-21)14(17)4-7-20-9-13-12(8-15(17)20)18(13,2)10-20/h12-15,21H,4-11H2,1-3H3/t12-,13-,14-,15-,17+,18-,19+,20-/m0/s1. The molecule has 4 bridgehead atoms. The molecule has 0 aromatic rings. The van der Waals surface area contributed by atoms with Gasteiger partial charge in [-0.2, -0.15) is 0 Å². The van der Waals surface area contributed by atoms with Crippen molar-refractivity contribution in [3.63, 3.8) is 0 Å². The zero-order valence-electron chi connectivity index (χ0n) is 14.3. The molecule has 0 heterocycles. The first-order valence-electron chi connectivity index (χ1n) is 9.44. The Bertz CT molecular complexity index is 570. The Morgan fingerprint density at radius 1 is 1.09 bits per heavy atom. The Morgan fingerprint density at radius 3 is 2.50 bits per heavy atom. The Morgan fingerprint density at radius 2 is 1.86 bits per heavy atom. The molecule has 22 heavy (non-hydrogen) atoms. The first-order chi connectivity index (χ1) is 10.3. The Hall–Kier alpha value is -0.370. The minimum atomic E-state index is -0.470. The predicted octanol–water partition coefficient (Wildman–Crippen LogP) is 3.82. The van der Waals surface area contributed by atoms with Crippen molar-refractivity contribution < 1.29 is 9.90 Å². The monoisotopic (exact) mass is 302 g/mol. The molecule has 6 saturated carbocycles. The second-order valence-electron chi connectivity index (χ2n) is 10.3. The summed E-state index contributed by atoms with van der Waals surface area (Å²) in [6.45, 7) is 7.14. The van der Waals surface area contributed by atoms with E-state index >= 15 is 0 Å². The van der Waals surface area contributed by atoms with E-state index in [-0.39, 0.29) is 6.61 Å². The Balaban J connectivity index is 1.56. The molecule has 0 aromatic carbocycles. The summed E-state index contributed by atoms with van der Waals surface area (Å²) >= 11 is 0. The van der Waals surface area contributed by atoms with Crippen molar-refractivity contribution in [1.29, 1.82) is 0 Å². The van der Waals surface area contributed by atoms with Crippen LogP contribution in [0.4, 0.5) is 0 Å². The van der Waals surface area contributed by atoms with Crippen LogP contribution >= 0.6 is 0 Å². The number of aliphatic hydroxyl groups is 1. The average Bonchev–Trinajstić information content (AvgIpc) is 2.94. The fraction of sp³-hybridized carbons (Fsp3) is 0.950. The van der Waals surface area contributed by atoms with Crippen LogP contribution in [-0.4, -0.2) is 17.5 Å². The molecule has 2 heteroatoms. The maximum absolute atomic E-state index is 12.6. The fourth-order valence-electron chi connectivity index (χ4n) is 8.67. The summed E-state index contributed by atoms with van der Waals surface area (Å²) < 4.78 is 0. The van der Waals surface area contributed by atoms with Gasteiger partial charge in [0.25, 0.3) is 0 Å². The molecule has 0 radical (unpaired) electrons. The summed E-state index contributed by atoms with van der Waals surface area (Å²) in [6.07, 6.45) is 8.62. The Kier molecular flexibility index (Phi) is 2.33. The maximum atomic E-state index is 12.6. The van der Waals surface area contributed by atoms with E-state index in [1.165, 1.54) is 32.1 Å². The zero-order chi connectivity index (χ0) is 15.5. The lowest BCUT2D eigenvalue weighted by Crippen LogP contribution is -2.61. The number of aliphatic hydroxyl groups excluding tert-OH is 1. The molecule has 0 aliphatic heterocycles. The quantitative estimate of drug-likeness (QED) is 0.799. The van der Waals surface area contributed by atoms with Crippen molar-refractivity contribution in [1.82, 2.24) is 0 Å². The number of carbonyl (C=O) groups is 1. The molecule has 6 aliphatic carbocycles. The van der Waals surface area contributed by atoms with E-state index in [2.05, 4.69) is 20.8 Å². The highest BCUT2D eigenvalue weighted by Crippen LogP contribution is 2.85. The van der Waals surface area contributed by atoms with Crippen LogP contribution in [0, 0.1) is 45.3 Å². The summed E-state index contributed by atoms with van der Waals surface area (Å²) in [4.78, 5) is 12.6. The van der Waals surface area contributed by atoms with Gasteiger partial charge in [-0.1, -0.05) is 20.8 Å². The van der Waals surface area contributed by atoms with Crippen LogP contribution in [0.5, 0.6) is 0 Å². The van der Waals surface area contributed by atoms with E-state index in [0.29, 0.717) is 34.4 Å². The first-order valence-corrected chi connectivity index (χ1v) is 9.44. The number of hydrogen-bond donors (Lipinski definition) is 1. The van der Waals surface area contributed by atoms with Crippen molar-refractivity contribution in [2.75, 3.05) is 6.61 Å². The van der Waals surface area contributed by atoms with Gasteiger partial charge in [0, 0.05) is 6.42 Å². The van der Waals surface area contributed by atoms with Gasteiger partial charge in [-0.3, -0.25) is 4.79 Å². The number of rotatable bonds is 1. The van der Waals surface area contributed by atoms with Crippen molar-refractivity contribution in [3.8, 4) is 0 Å². The fourth-order valence-corrected chi connectivity index (χ4v) is 8.67. The molecule has 1 spiro atoms. The van der Waals surface area contributed by atoms with Crippen LogP contribution < -0.4 is 0 Å². The van der Waals surface area contributed by atoms with Crippen LogP contribution in [0.2, 0.25) is 0 Å². The lowest BCUT2D eigenvalue weighted by molar-refractivity contribution is -0.180. The summed E-state index contributed by atoms with van der Waals surface area (Å²) in [5.74, 6) is 3.55. The molecule has 6 rings (SSSR count). The van der Waals surface area contributed by atoms with Crippen LogP contribution in [0.15, 0.2) is 0 Å². The summed E-state index contributed by atoms with van der Waals surface area (Å²) in [7, 11) is 0. The third kappa shape index (κ3) is 1.26. The van der Waals surface area contributed by atoms with E-state index in [1.807, 2.05) is 0 Å². The zero-order valence-corrected chi connectivity index (χ0v) is 14.3. The Labute approximate surface area is 134 Å². The van der Waals surface area contributed by atoms with Gasteiger partial charge in [0.1, 0.15) is 5.78 Å². The van der Waals surface area contributed by atoms with Crippen molar-refractivity contribution in [2.24, 2.45) is 45.3 Å². The number of ketones is 1. The normalized spacial score (nSPS) is 65.0. The molecule has 0 saturated heterocycles. The van der Waals surface area contributed by atoms with Crippen molar-refractivity contribution in [3.05, 3.63) is 0 Å². The van der Waals surface area contributed by atoms with E-state index in [1.54, 1.807) is 0 Å². The van der Waals surface area contributed by atoms with Gasteiger partial charge in [0.2, 0.25) is 0 Å². The molecule has 1 N–H and O–H groups in total. The van der Waals surface area contributed by atoms with Crippen LogP contribution in [0.1, 0.15) is 65.7 Å². The van der Waals surface area contributed by atoms with Gasteiger partial charge < -0.3 is 5.11 Å². The van der Waals surface area contributed by atoms with Crippen LogP contribution in [-0.2, 0) is 4.79 Å².